The molecule has 1 N–H and O–H groups in total. The van der Waals surface area contributed by atoms with Crippen molar-refractivity contribution in [2.24, 2.45) is 5.92 Å². The molecule has 0 aromatic heterocycles. The van der Waals surface area contributed by atoms with Gasteiger partial charge >= 0.3 is 0 Å². The van der Waals surface area contributed by atoms with Crippen molar-refractivity contribution >= 4 is 25.7 Å². The fourth-order valence-electron chi connectivity index (χ4n) is 3.64. The lowest BCUT2D eigenvalue weighted by Gasteiger charge is -2.30. The van der Waals surface area contributed by atoms with Crippen LogP contribution >= 0.6 is 0 Å². The van der Waals surface area contributed by atoms with Gasteiger partial charge in [-0.25, -0.2) is 16.8 Å². The Morgan fingerprint density at radius 2 is 1.60 bits per heavy atom. The van der Waals surface area contributed by atoms with E-state index in [0.717, 1.165) is 37.7 Å². The van der Waals surface area contributed by atoms with Gasteiger partial charge in [-0.15, -0.1) is 0 Å². The summed E-state index contributed by atoms with van der Waals surface area (Å²) in [5, 5.41) is 0. The normalized spacial score (nSPS) is 18.3. The summed E-state index contributed by atoms with van der Waals surface area (Å²) in [7, 11) is -7.30. The van der Waals surface area contributed by atoms with Crippen molar-refractivity contribution in [1.29, 1.82) is 0 Å². The lowest BCUT2D eigenvalue weighted by molar-refractivity contribution is 0.281. The van der Waals surface area contributed by atoms with E-state index in [2.05, 4.69) is 18.6 Å². The smallest absolute Gasteiger partial charge is 0.261 e. The number of aryl methyl sites for hydroxylation is 1. The molecule has 8 heteroatoms. The summed E-state index contributed by atoms with van der Waals surface area (Å²) in [5.74, 6) is 0.341. The van der Waals surface area contributed by atoms with E-state index in [1.807, 2.05) is 12.1 Å². The average molecular weight is 451 g/mol. The number of anilines is 1. The number of benzene rings is 2. The van der Waals surface area contributed by atoms with Crippen LogP contribution in [-0.4, -0.2) is 34.2 Å². The highest BCUT2D eigenvalue weighted by Crippen LogP contribution is 2.25. The maximum atomic E-state index is 12.8. The highest BCUT2D eigenvalue weighted by atomic mass is 32.2. The third-order valence-corrected chi connectivity index (χ3v) is 8.69. The summed E-state index contributed by atoms with van der Waals surface area (Å²) < 4.78 is 55.0. The zero-order valence-corrected chi connectivity index (χ0v) is 19.2. The van der Waals surface area contributed by atoms with E-state index >= 15 is 0 Å². The molecule has 2 aromatic carbocycles. The number of nitrogens with zero attached hydrogens (tertiary/aromatic N) is 1. The lowest BCUT2D eigenvalue weighted by atomic mass is 10.0. The maximum absolute atomic E-state index is 12.8. The van der Waals surface area contributed by atoms with Gasteiger partial charge < -0.3 is 0 Å². The topological polar surface area (TPSA) is 83.5 Å². The van der Waals surface area contributed by atoms with E-state index in [1.54, 1.807) is 12.1 Å². The number of unbranched alkanes of at least 4 members (excludes halogenated alkanes) is 1. The predicted octanol–water partition coefficient (Wildman–Crippen LogP) is 4.25. The third kappa shape index (κ3) is 5.42. The van der Waals surface area contributed by atoms with Crippen LogP contribution in [0.5, 0.6) is 0 Å². The molecule has 1 aliphatic heterocycles. The average Bonchev–Trinajstić information content (AvgIpc) is 2.72. The van der Waals surface area contributed by atoms with Crippen LogP contribution in [0.4, 0.5) is 5.69 Å². The molecular weight excluding hydrogens is 420 g/mol. The van der Waals surface area contributed by atoms with E-state index in [0.29, 0.717) is 24.7 Å². The van der Waals surface area contributed by atoms with Crippen molar-refractivity contribution in [2.45, 2.75) is 55.7 Å². The van der Waals surface area contributed by atoms with Gasteiger partial charge in [-0.3, -0.25) is 4.72 Å². The molecule has 0 radical (unpaired) electrons. The molecule has 1 saturated heterocycles. The Kier molecular flexibility index (Phi) is 7.21. The second-order valence-electron chi connectivity index (χ2n) is 7.99. The molecule has 1 aliphatic rings. The predicted molar refractivity (Wildman–Crippen MR) is 119 cm³/mol. The van der Waals surface area contributed by atoms with Gasteiger partial charge in [0.25, 0.3) is 10.0 Å². The van der Waals surface area contributed by atoms with Crippen LogP contribution in [0.3, 0.4) is 0 Å². The quantitative estimate of drug-likeness (QED) is 0.652. The van der Waals surface area contributed by atoms with Crippen molar-refractivity contribution in [2.75, 3.05) is 17.8 Å². The largest absolute Gasteiger partial charge is 0.280 e. The Bertz CT molecular complexity index is 1050. The Hall–Kier alpha value is -1.90. The molecule has 0 spiro atoms. The van der Waals surface area contributed by atoms with Gasteiger partial charge in [0.05, 0.1) is 9.79 Å². The van der Waals surface area contributed by atoms with E-state index in [4.69, 9.17) is 0 Å². The Labute approximate surface area is 180 Å². The number of hydrogen-bond donors (Lipinski definition) is 1. The highest BCUT2D eigenvalue weighted by molar-refractivity contribution is 7.92. The highest BCUT2D eigenvalue weighted by Gasteiger charge is 2.28. The van der Waals surface area contributed by atoms with E-state index in [9.17, 15) is 16.8 Å². The molecule has 1 heterocycles. The van der Waals surface area contributed by atoms with Gasteiger partial charge in [0, 0.05) is 18.8 Å². The molecule has 0 bridgehead atoms. The summed E-state index contributed by atoms with van der Waals surface area (Å²) in [6.45, 7) is 5.21. The van der Waals surface area contributed by atoms with E-state index in [-0.39, 0.29) is 9.79 Å². The van der Waals surface area contributed by atoms with E-state index < -0.39 is 20.0 Å². The van der Waals surface area contributed by atoms with Gasteiger partial charge in [0.2, 0.25) is 10.0 Å². The molecule has 30 heavy (non-hydrogen) atoms. The van der Waals surface area contributed by atoms with Crippen molar-refractivity contribution in [1.82, 2.24) is 4.31 Å². The molecule has 1 unspecified atom stereocenters. The first-order valence-corrected chi connectivity index (χ1v) is 13.4. The monoisotopic (exact) mass is 450 g/mol. The van der Waals surface area contributed by atoms with Crippen molar-refractivity contribution in [3.63, 3.8) is 0 Å². The summed E-state index contributed by atoms with van der Waals surface area (Å²) in [6, 6.07) is 12.8. The minimum Gasteiger partial charge on any atom is -0.280 e. The van der Waals surface area contributed by atoms with Crippen LogP contribution in [0.1, 0.15) is 45.1 Å². The molecule has 0 saturated carbocycles. The fraction of sp³-hybridized carbons (Fsp3) is 0.455. The number of nitrogens with one attached hydrogen (secondary N) is 1. The number of piperidine rings is 1. The Morgan fingerprint density at radius 1 is 0.967 bits per heavy atom. The van der Waals surface area contributed by atoms with Gasteiger partial charge in [-0.1, -0.05) is 32.4 Å². The Morgan fingerprint density at radius 3 is 2.20 bits per heavy atom. The molecule has 0 aliphatic carbocycles. The Balaban J connectivity index is 1.71. The number of rotatable bonds is 8. The van der Waals surface area contributed by atoms with Gasteiger partial charge in [0.15, 0.2) is 0 Å². The summed E-state index contributed by atoms with van der Waals surface area (Å²) >= 11 is 0. The first-order chi connectivity index (χ1) is 14.2. The molecule has 3 rings (SSSR count). The molecule has 2 aromatic rings. The second kappa shape index (κ2) is 9.49. The first-order valence-electron chi connectivity index (χ1n) is 10.4. The summed E-state index contributed by atoms with van der Waals surface area (Å²) in [6.07, 6.45) is 4.97. The minimum atomic E-state index is -3.74. The van der Waals surface area contributed by atoms with Crippen LogP contribution in [0.2, 0.25) is 0 Å². The van der Waals surface area contributed by atoms with Crippen LogP contribution < -0.4 is 4.72 Å². The lowest BCUT2D eigenvalue weighted by Crippen LogP contribution is -2.39. The summed E-state index contributed by atoms with van der Waals surface area (Å²) in [4.78, 5) is 0.363. The van der Waals surface area contributed by atoms with Crippen LogP contribution in [0.15, 0.2) is 58.3 Å². The van der Waals surface area contributed by atoms with Crippen LogP contribution in [0, 0.1) is 5.92 Å². The summed E-state index contributed by atoms with van der Waals surface area (Å²) in [5.41, 5.74) is 1.44. The second-order valence-corrected chi connectivity index (χ2v) is 11.6. The SMILES string of the molecule is CCCCc1ccc(S(=O)(=O)Nc2ccc(S(=O)(=O)N3CCCC(C)C3)cc2)cc1. The molecule has 0 amide bonds. The zero-order valence-electron chi connectivity index (χ0n) is 17.5. The van der Waals surface area contributed by atoms with Gasteiger partial charge in [0.1, 0.15) is 0 Å². The zero-order chi connectivity index (χ0) is 21.8. The van der Waals surface area contributed by atoms with E-state index in [1.165, 1.54) is 28.6 Å². The van der Waals surface area contributed by atoms with Crippen molar-refractivity contribution in [3.8, 4) is 0 Å². The first kappa shape index (κ1) is 22.8. The van der Waals surface area contributed by atoms with Crippen LogP contribution in [0.25, 0.3) is 0 Å². The standard InChI is InChI=1S/C22H30N2O4S2/c1-3-4-7-19-8-12-21(13-9-19)29(25,26)23-20-10-14-22(15-11-20)30(27,28)24-16-5-6-18(2)17-24/h8-15,18,23H,3-7,16-17H2,1-2H3. The van der Waals surface area contributed by atoms with Gasteiger partial charge in [-0.05, 0) is 73.6 Å². The molecule has 1 fully saturated rings. The van der Waals surface area contributed by atoms with Gasteiger partial charge in [-0.2, -0.15) is 4.31 Å². The molecule has 164 valence electrons. The molecular formula is C22H30N2O4S2. The van der Waals surface area contributed by atoms with Crippen LogP contribution in [-0.2, 0) is 26.5 Å². The minimum absolute atomic E-state index is 0.180. The third-order valence-electron chi connectivity index (χ3n) is 5.42. The molecule has 1 atom stereocenters. The maximum Gasteiger partial charge on any atom is 0.261 e. The van der Waals surface area contributed by atoms with Crippen molar-refractivity contribution in [3.05, 3.63) is 54.1 Å². The fourth-order valence-corrected chi connectivity index (χ4v) is 6.30. The number of sulfonamides is 2. The molecule has 6 nitrogen and oxygen atoms in total. The van der Waals surface area contributed by atoms with Crippen molar-refractivity contribution < 1.29 is 16.8 Å². The number of hydrogen-bond acceptors (Lipinski definition) is 4.